The Kier molecular flexibility index (Phi) is 6.25. The van der Waals surface area contributed by atoms with Crippen molar-refractivity contribution in [3.8, 4) is 0 Å². The van der Waals surface area contributed by atoms with Crippen LogP contribution in [0.3, 0.4) is 0 Å². The molecule has 0 aliphatic rings. The van der Waals surface area contributed by atoms with E-state index in [4.69, 9.17) is 9.52 Å². The minimum Gasteiger partial charge on any atom is -0.475 e. The molecule has 3 N–H and O–H groups in total. The second kappa shape index (κ2) is 7.93. The van der Waals surface area contributed by atoms with Crippen LogP contribution in [0.15, 0.2) is 16.5 Å². The molecule has 8 heteroatoms. The van der Waals surface area contributed by atoms with Crippen molar-refractivity contribution in [3.63, 3.8) is 0 Å². The van der Waals surface area contributed by atoms with Gasteiger partial charge in [-0.15, -0.1) is 0 Å². The van der Waals surface area contributed by atoms with Crippen LogP contribution in [-0.2, 0) is 11.3 Å². The molecular weight excluding hydrogens is 278 g/mol. The number of likely N-dealkylation sites (N-methyl/N-ethyl adjacent to an activating group) is 2. The molecule has 21 heavy (non-hydrogen) atoms. The summed E-state index contributed by atoms with van der Waals surface area (Å²) < 4.78 is 5.02. The number of carboxylic acids is 1. The lowest BCUT2D eigenvalue weighted by Gasteiger charge is -2.20. The zero-order valence-corrected chi connectivity index (χ0v) is 12.0. The molecule has 0 saturated carbocycles. The first-order chi connectivity index (χ1) is 9.97. The van der Waals surface area contributed by atoms with Crippen LogP contribution in [0.2, 0.25) is 0 Å². The summed E-state index contributed by atoms with van der Waals surface area (Å²) >= 11 is 0. The molecule has 3 amide bonds. The molecule has 1 heterocycles. The van der Waals surface area contributed by atoms with Gasteiger partial charge in [-0.2, -0.15) is 0 Å². The van der Waals surface area contributed by atoms with Gasteiger partial charge in [-0.25, -0.2) is 9.59 Å². The highest BCUT2D eigenvalue weighted by molar-refractivity contribution is 5.84. The van der Waals surface area contributed by atoms with Gasteiger partial charge in [0.05, 0.1) is 6.54 Å². The zero-order chi connectivity index (χ0) is 15.8. The number of nitrogens with zero attached hydrogens (tertiary/aromatic N) is 1. The molecule has 1 aromatic heterocycles. The third kappa shape index (κ3) is 5.17. The van der Waals surface area contributed by atoms with E-state index in [0.29, 0.717) is 18.8 Å². The average molecular weight is 297 g/mol. The number of carboxylic acid groups (broad SMARTS) is 1. The van der Waals surface area contributed by atoms with Gasteiger partial charge in [0.1, 0.15) is 12.3 Å². The summed E-state index contributed by atoms with van der Waals surface area (Å²) in [6, 6.07) is 2.37. The number of carbonyl (C=O) groups excluding carboxylic acids is 2. The van der Waals surface area contributed by atoms with Gasteiger partial charge in [0.15, 0.2) is 0 Å². The van der Waals surface area contributed by atoms with E-state index >= 15 is 0 Å². The Morgan fingerprint density at radius 3 is 2.48 bits per heavy atom. The monoisotopic (exact) mass is 297 g/mol. The fourth-order valence-corrected chi connectivity index (χ4v) is 1.62. The number of rotatable bonds is 7. The second-order valence-corrected chi connectivity index (χ2v) is 4.20. The number of hydrogen-bond donors (Lipinski definition) is 3. The standard InChI is InChI=1S/C13H19N3O5/c1-3-14-11(17)8-16(4-2)13(20)15-7-9-5-6-10(21-9)12(18)19/h5-6H,3-4,7-8H2,1-2H3,(H,14,17)(H,15,20)(H,18,19). The van der Waals surface area contributed by atoms with Gasteiger partial charge in [-0.3, -0.25) is 4.79 Å². The van der Waals surface area contributed by atoms with Crippen LogP contribution in [0.5, 0.6) is 0 Å². The van der Waals surface area contributed by atoms with Crippen LogP contribution in [-0.4, -0.2) is 47.5 Å². The van der Waals surface area contributed by atoms with Crippen molar-refractivity contribution in [2.45, 2.75) is 20.4 Å². The summed E-state index contributed by atoms with van der Waals surface area (Å²) in [6.07, 6.45) is 0. The summed E-state index contributed by atoms with van der Waals surface area (Å²) in [7, 11) is 0. The molecule has 1 aromatic rings. The fourth-order valence-electron chi connectivity index (χ4n) is 1.62. The maximum Gasteiger partial charge on any atom is 0.371 e. The normalized spacial score (nSPS) is 10.0. The molecule has 0 aliphatic heterocycles. The van der Waals surface area contributed by atoms with Crippen molar-refractivity contribution >= 4 is 17.9 Å². The minimum absolute atomic E-state index is 0.0330. The van der Waals surface area contributed by atoms with E-state index in [2.05, 4.69) is 10.6 Å². The van der Waals surface area contributed by atoms with Gasteiger partial charge < -0.3 is 25.1 Å². The SMILES string of the molecule is CCNC(=O)CN(CC)C(=O)NCc1ccc(C(=O)O)o1. The van der Waals surface area contributed by atoms with Crippen LogP contribution < -0.4 is 10.6 Å². The molecule has 0 spiro atoms. The molecule has 0 atom stereocenters. The number of amides is 3. The van der Waals surface area contributed by atoms with Crippen LogP contribution in [0.25, 0.3) is 0 Å². The molecule has 0 fully saturated rings. The lowest BCUT2D eigenvalue weighted by Crippen LogP contribution is -2.45. The van der Waals surface area contributed by atoms with Crippen LogP contribution >= 0.6 is 0 Å². The van der Waals surface area contributed by atoms with Gasteiger partial charge in [-0.1, -0.05) is 0 Å². The number of furan rings is 1. The summed E-state index contributed by atoms with van der Waals surface area (Å²) in [5, 5.41) is 13.9. The van der Waals surface area contributed by atoms with Crippen molar-refractivity contribution < 1.29 is 23.9 Å². The van der Waals surface area contributed by atoms with E-state index in [1.54, 1.807) is 13.8 Å². The zero-order valence-electron chi connectivity index (χ0n) is 12.0. The Hall–Kier alpha value is -2.51. The van der Waals surface area contributed by atoms with E-state index in [1.807, 2.05) is 0 Å². The maximum atomic E-state index is 11.9. The molecule has 0 aromatic carbocycles. The molecule has 0 unspecified atom stereocenters. The van der Waals surface area contributed by atoms with Crippen molar-refractivity contribution in [1.82, 2.24) is 15.5 Å². The first-order valence-corrected chi connectivity index (χ1v) is 6.59. The molecule has 0 radical (unpaired) electrons. The van der Waals surface area contributed by atoms with E-state index in [0.717, 1.165) is 0 Å². The highest BCUT2D eigenvalue weighted by Crippen LogP contribution is 2.07. The maximum absolute atomic E-state index is 11.9. The Bertz CT molecular complexity index is 512. The smallest absolute Gasteiger partial charge is 0.371 e. The topological polar surface area (TPSA) is 112 Å². The summed E-state index contributed by atoms with van der Waals surface area (Å²) in [5.41, 5.74) is 0. The second-order valence-electron chi connectivity index (χ2n) is 4.20. The van der Waals surface area contributed by atoms with Crippen molar-refractivity contribution in [2.24, 2.45) is 0 Å². The molecule has 0 bridgehead atoms. The quantitative estimate of drug-likeness (QED) is 0.684. The molecule has 116 valence electrons. The fraction of sp³-hybridized carbons (Fsp3) is 0.462. The molecule has 0 aliphatic carbocycles. The molecule has 1 rings (SSSR count). The lowest BCUT2D eigenvalue weighted by atomic mass is 10.4. The van der Waals surface area contributed by atoms with Crippen molar-refractivity contribution in [3.05, 3.63) is 23.7 Å². The van der Waals surface area contributed by atoms with Crippen molar-refractivity contribution in [1.29, 1.82) is 0 Å². The summed E-state index contributed by atoms with van der Waals surface area (Å²) in [4.78, 5) is 35.4. The number of hydrogen-bond acceptors (Lipinski definition) is 4. The predicted octanol–water partition coefficient (Wildman–Crippen LogP) is 0.645. The third-order valence-corrected chi connectivity index (χ3v) is 2.66. The Labute approximate surface area is 122 Å². The number of carbonyl (C=O) groups is 3. The van der Waals surface area contributed by atoms with Crippen LogP contribution in [0.1, 0.15) is 30.2 Å². The van der Waals surface area contributed by atoms with E-state index in [-0.39, 0.29) is 24.8 Å². The first-order valence-electron chi connectivity index (χ1n) is 6.59. The molecule has 0 saturated heterocycles. The highest BCUT2D eigenvalue weighted by Gasteiger charge is 2.15. The lowest BCUT2D eigenvalue weighted by molar-refractivity contribution is -0.121. The van der Waals surface area contributed by atoms with Crippen LogP contribution in [0.4, 0.5) is 4.79 Å². The third-order valence-electron chi connectivity index (χ3n) is 2.66. The van der Waals surface area contributed by atoms with E-state index < -0.39 is 12.0 Å². The van der Waals surface area contributed by atoms with Crippen molar-refractivity contribution in [2.75, 3.05) is 19.6 Å². The molecular formula is C13H19N3O5. The van der Waals surface area contributed by atoms with E-state index in [1.165, 1.54) is 17.0 Å². The van der Waals surface area contributed by atoms with E-state index in [9.17, 15) is 14.4 Å². The van der Waals surface area contributed by atoms with Crippen LogP contribution in [0, 0.1) is 0 Å². The highest BCUT2D eigenvalue weighted by atomic mass is 16.4. The van der Waals surface area contributed by atoms with Gasteiger partial charge in [-0.05, 0) is 26.0 Å². The number of urea groups is 1. The Balaban J connectivity index is 2.49. The average Bonchev–Trinajstić information content (AvgIpc) is 2.91. The van der Waals surface area contributed by atoms with Gasteiger partial charge in [0.2, 0.25) is 11.7 Å². The summed E-state index contributed by atoms with van der Waals surface area (Å²) in [6.45, 7) is 4.45. The Morgan fingerprint density at radius 1 is 1.24 bits per heavy atom. The van der Waals surface area contributed by atoms with Gasteiger partial charge in [0.25, 0.3) is 0 Å². The number of aromatic carboxylic acids is 1. The first kappa shape index (κ1) is 16.5. The van der Waals surface area contributed by atoms with Gasteiger partial charge in [0, 0.05) is 13.1 Å². The Morgan fingerprint density at radius 2 is 1.95 bits per heavy atom. The minimum atomic E-state index is -1.17. The van der Waals surface area contributed by atoms with Gasteiger partial charge >= 0.3 is 12.0 Å². The predicted molar refractivity (Wildman–Crippen MR) is 73.8 cm³/mol. The number of nitrogens with one attached hydrogen (secondary N) is 2. The largest absolute Gasteiger partial charge is 0.475 e. The molecule has 8 nitrogen and oxygen atoms in total. The summed E-state index contributed by atoms with van der Waals surface area (Å²) in [5.74, 6) is -1.26.